The average Bonchev–Trinajstić information content (AvgIpc) is 3.15. The third-order valence-corrected chi connectivity index (χ3v) is 6.11. The highest BCUT2D eigenvalue weighted by Crippen LogP contribution is 2.43. The average molecular weight is 441 g/mol. The van der Waals surface area contributed by atoms with Crippen molar-refractivity contribution in [3.05, 3.63) is 46.2 Å². The molecule has 0 bridgehead atoms. The molecule has 9 nitrogen and oxygen atoms in total. The molecule has 1 aromatic carbocycles. The summed E-state index contributed by atoms with van der Waals surface area (Å²) >= 11 is 0. The van der Waals surface area contributed by atoms with Crippen molar-refractivity contribution in [2.45, 2.75) is 39.6 Å². The fourth-order valence-electron chi connectivity index (χ4n) is 4.22. The SMILES string of the molecule is COc1cccc2c3n(nc12)CC(C(C)(C)COC(C)OC)n1cc(C(=O)O)c(=O)cc1-3. The molecule has 0 amide bonds. The van der Waals surface area contributed by atoms with Crippen LogP contribution in [0.15, 0.2) is 35.3 Å². The number of aromatic nitrogens is 3. The van der Waals surface area contributed by atoms with Crippen LogP contribution in [0.25, 0.3) is 22.3 Å². The molecule has 1 aliphatic rings. The number of hydrogen-bond donors (Lipinski definition) is 1. The molecule has 3 aromatic rings. The second-order valence-corrected chi connectivity index (χ2v) is 8.65. The molecule has 170 valence electrons. The molecule has 0 aliphatic carbocycles. The number of rotatable bonds is 7. The van der Waals surface area contributed by atoms with E-state index in [1.54, 1.807) is 14.2 Å². The highest BCUT2D eigenvalue weighted by atomic mass is 16.7. The topological polar surface area (TPSA) is 105 Å². The molecule has 2 unspecified atom stereocenters. The molecule has 3 heterocycles. The van der Waals surface area contributed by atoms with Crippen molar-refractivity contribution in [1.82, 2.24) is 14.3 Å². The molecule has 0 fully saturated rings. The molecule has 2 atom stereocenters. The first-order valence-corrected chi connectivity index (χ1v) is 10.4. The van der Waals surface area contributed by atoms with E-state index in [9.17, 15) is 14.7 Å². The van der Waals surface area contributed by atoms with Gasteiger partial charge in [0.1, 0.15) is 16.8 Å². The Hall–Kier alpha value is -3.17. The van der Waals surface area contributed by atoms with Crippen LogP contribution in [0.5, 0.6) is 5.75 Å². The number of ether oxygens (including phenoxy) is 3. The lowest BCUT2D eigenvalue weighted by Crippen LogP contribution is -2.40. The number of benzene rings is 1. The molecular weight excluding hydrogens is 414 g/mol. The van der Waals surface area contributed by atoms with E-state index < -0.39 is 16.8 Å². The minimum absolute atomic E-state index is 0.229. The number of aromatic carboxylic acids is 1. The Morgan fingerprint density at radius 1 is 1.34 bits per heavy atom. The predicted octanol–water partition coefficient (Wildman–Crippen LogP) is 3.16. The van der Waals surface area contributed by atoms with Gasteiger partial charge in [-0.15, -0.1) is 0 Å². The molecule has 0 saturated heterocycles. The summed E-state index contributed by atoms with van der Waals surface area (Å²) in [6, 6.07) is 6.78. The largest absolute Gasteiger partial charge is 0.494 e. The zero-order valence-corrected chi connectivity index (χ0v) is 18.8. The highest BCUT2D eigenvalue weighted by Gasteiger charge is 2.38. The van der Waals surface area contributed by atoms with E-state index in [-0.39, 0.29) is 17.9 Å². The number of fused-ring (bicyclic) bond motifs is 5. The first-order valence-electron chi connectivity index (χ1n) is 10.4. The van der Waals surface area contributed by atoms with Crippen LogP contribution in [-0.2, 0) is 16.0 Å². The lowest BCUT2D eigenvalue weighted by atomic mass is 9.83. The molecule has 0 radical (unpaired) electrons. The molecule has 32 heavy (non-hydrogen) atoms. The predicted molar refractivity (Wildman–Crippen MR) is 118 cm³/mol. The Bertz CT molecular complexity index is 1240. The van der Waals surface area contributed by atoms with Gasteiger partial charge in [0.2, 0.25) is 0 Å². The van der Waals surface area contributed by atoms with Crippen molar-refractivity contribution in [1.29, 1.82) is 0 Å². The molecule has 1 aliphatic heterocycles. The van der Waals surface area contributed by atoms with E-state index in [0.717, 1.165) is 11.1 Å². The van der Waals surface area contributed by atoms with Crippen molar-refractivity contribution >= 4 is 16.9 Å². The van der Waals surface area contributed by atoms with Crippen LogP contribution in [0.2, 0.25) is 0 Å². The van der Waals surface area contributed by atoms with Crippen LogP contribution >= 0.6 is 0 Å². The van der Waals surface area contributed by atoms with Crippen molar-refractivity contribution in [3.8, 4) is 17.1 Å². The second kappa shape index (κ2) is 8.07. The van der Waals surface area contributed by atoms with Gasteiger partial charge in [0.15, 0.2) is 11.7 Å². The van der Waals surface area contributed by atoms with E-state index in [1.165, 1.54) is 12.3 Å². The quantitative estimate of drug-likeness (QED) is 0.562. The first-order chi connectivity index (χ1) is 15.2. The zero-order valence-electron chi connectivity index (χ0n) is 18.8. The van der Waals surface area contributed by atoms with Crippen LogP contribution in [0.1, 0.15) is 37.2 Å². The van der Waals surface area contributed by atoms with Gasteiger partial charge in [-0.2, -0.15) is 5.10 Å². The summed E-state index contributed by atoms with van der Waals surface area (Å²) in [5, 5.41) is 15.2. The van der Waals surface area contributed by atoms with E-state index in [1.807, 2.05) is 48.2 Å². The second-order valence-electron chi connectivity index (χ2n) is 8.65. The Kier molecular flexibility index (Phi) is 5.56. The zero-order chi connectivity index (χ0) is 23.2. The van der Waals surface area contributed by atoms with Crippen LogP contribution in [0, 0.1) is 5.41 Å². The minimum atomic E-state index is -1.25. The highest BCUT2D eigenvalue weighted by molar-refractivity contribution is 5.96. The Labute approximate surface area is 185 Å². The van der Waals surface area contributed by atoms with Gasteiger partial charge >= 0.3 is 5.97 Å². The van der Waals surface area contributed by atoms with Crippen LogP contribution in [0.3, 0.4) is 0 Å². The van der Waals surface area contributed by atoms with Crippen LogP contribution in [-0.4, -0.2) is 52.5 Å². The number of carboxylic acid groups (broad SMARTS) is 1. The van der Waals surface area contributed by atoms with Gasteiger partial charge in [-0.25, -0.2) is 4.79 Å². The van der Waals surface area contributed by atoms with Crippen molar-refractivity contribution in [2.24, 2.45) is 5.41 Å². The number of nitrogens with zero attached hydrogens (tertiary/aromatic N) is 3. The maximum atomic E-state index is 12.6. The summed E-state index contributed by atoms with van der Waals surface area (Å²) in [6.45, 7) is 6.73. The fourth-order valence-corrected chi connectivity index (χ4v) is 4.22. The van der Waals surface area contributed by atoms with E-state index >= 15 is 0 Å². The summed E-state index contributed by atoms with van der Waals surface area (Å²) in [5.41, 5.74) is 0.803. The maximum Gasteiger partial charge on any atom is 0.341 e. The van der Waals surface area contributed by atoms with Crippen LogP contribution < -0.4 is 10.2 Å². The van der Waals surface area contributed by atoms with E-state index in [0.29, 0.717) is 30.1 Å². The molecule has 1 N–H and O–H groups in total. The van der Waals surface area contributed by atoms with E-state index in [4.69, 9.17) is 19.3 Å². The maximum absolute atomic E-state index is 12.6. The third kappa shape index (κ3) is 3.57. The normalized spacial score (nSPS) is 16.5. The minimum Gasteiger partial charge on any atom is -0.494 e. The molecular formula is C23H27N3O6. The van der Waals surface area contributed by atoms with Crippen molar-refractivity contribution < 1.29 is 24.1 Å². The van der Waals surface area contributed by atoms with Gasteiger partial charge in [-0.05, 0) is 13.0 Å². The summed E-state index contributed by atoms with van der Waals surface area (Å²) in [7, 11) is 3.16. The van der Waals surface area contributed by atoms with Crippen LogP contribution in [0.4, 0.5) is 0 Å². The van der Waals surface area contributed by atoms with Gasteiger partial charge in [0.25, 0.3) is 0 Å². The van der Waals surface area contributed by atoms with Gasteiger partial charge in [-0.3, -0.25) is 9.48 Å². The Morgan fingerprint density at radius 2 is 2.09 bits per heavy atom. The van der Waals surface area contributed by atoms with Crippen molar-refractivity contribution in [2.75, 3.05) is 20.8 Å². The monoisotopic (exact) mass is 441 g/mol. The summed E-state index contributed by atoms with van der Waals surface area (Å²) in [4.78, 5) is 24.4. The third-order valence-electron chi connectivity index (χ3n) is 6.11. The van der Waals surface area contributed by atoms with Gasteiger partial charge in [0, 0.05) is 30.2 Å². The van der Waals surface area contributed by atoms with Gasteiger partial charge < -0.3 is 23.9 Å². The number of pyridine rings is 1. The summed E-state index contributed by atoms with van der Waals surface area (Å²) in [6.07, 6.45) is 1.06. The van der Waals surface area contributed by atoms with Crippen molar-refractivity contribution in [3.63, 3.8) is 0 Å². The lowest BCUT2D eigenvalue weighted by Gasteiger charge is -2.40. The van der Waals surface area contributed by atoms with E-state index in [2.05, 4.69) is 0 Å². The first kappa shape index (κ1) is 22.0. The smallest absolute Gasteiger partial charge is 0.341 e. The molecule has 0 saturated carbocycles. The van der Waals surface area contributed by atoms with Gasteiger partial charge in [-0.1, -0.05) is 26.0 Å². The Morgan fingerprint density at radius 3 is 2.75 bits per heavy atom. The summed E-state index contributed by atoms with van der Waals surface area (Å²) in [5.74, 6) is -0.620. The number of hydrogen-bond acceptors (Lipinski definition) is 6. The number of carboxylic acids is 1. The summed E-state index contributed by atoms with van der Waals surface area (Å²) < 4.78 is 20.3. The number of methoxy groups -OCH3 is 2. The molecule has 0 spiro atoms. The Balaban J connectivity index is 1.93. The molecule has 9 heteroatoms. The number of carbonyl (C=O) groups is 1. The molecule has 2 aromatic heterocycles. The standard InChI is InChI=1S/C23H27N3O6/c1-13(30-4)32-12-23(2,3)19-11-26-21(14-7-6-8-18(31-5)20(14)24-26)16-9-17(27)15(22(28)29)10-25(16)19/h6-10,13,19H,11-12H2,1-5H3,(H,28,29). The molecule has 4 rings (SSSR count). The fraction of sp³-hybridized carbons (Fsp3) is 0.435. The lowest BCUT2D eigenvalue weighted by molar-refractivity contribution is -0.137. The van der Waals surface area contributed by atoms with Gasteiger partial charge in [0.05, 0.1) is 37.7 Å².